The molecule has 3 aromatic rings. The summed E-state index contributed by atoms with van der Waals surface area (Å²) in [5.74, 6) is -2.29. The molecule has 5 atom stereocenters. The van der Waals surface area contributed by atoms with Gasteiger partial charge in [0.1, 0.15) is 54.7 Å². The molecule has 1 aliphatic rings. The SMILES string of the molecule is O=C(O)CC(=O)OCC1OC(Oc2ccc3c(=O)c(-c4ccc(O)cc4)coc3c2)C(O)CC(O)C1O. The average Bonchev–Trinajstić information content (AvgIpc) is 2.94. The van der Waals surface area contributed by atoms with Gasteiger partial charge in [-0.15, -0.1) is 0 Å². The third kappa shape index (κ3) is 6.06. The molecule has 4 rings (SSSR count). The molecule has 1 aliphatic heterocycles. The number of aromatic hydroxyl groups is 1. The Kier molecular flexibility index (Phi) is 7.74. The normalized spacial score (nSPS) is 23.8. The molecule has 0 saturated carbocycles. The van der Waals surface area contributed by atoms with Crippen molar-refractivity contribution >= 4 is 22.9 Å². The van der Waals surface area contributed by atoms with Crippen molar-refractivity contribution in [3.8, 4) is 22.6 Å². The summed E-state index contributed by atoms with van der Waals surface area (Å²) in [6.45, 7) is -0.594. The van der Waals surface area contributed by atoms with E-state index in [0.717, 1.165) is 0 Å². The number of fused-ring (bicyclic) bond motifs is 1. The van der Waals surface area contributed by atoms with E-state index >= 15 is 0 Å². The molecule has 1 fully saturated rings. The van der Waals surface area contributed by atoms with E-state index in [2.05, 4.69) is 0 Å². The van der Waals surface area contributed by atoms with Crippen molar-refractivity contribution in [2.45, 2.75) is 43.5 Å². The summed E-state index contributed by atoms with van der Waals surface area (Å²) in [5, 5.41) is 49.3. The van der Waals surface area contributed by atoms with Crippen LogP contribution in [0.15, 0.2) is 57.9 Å². The number of rotatable bonds is 7. The van der Waals surface area contributed by atoms with E-state index in [1.807, 2.05) is 0 Å². The third-order valence-electron chi connectivity index (χ3n) is 5.76. The molecule has 1 saturated heterocycles. The minimum Gasteiger partial charge on any atom is -0.508 e. The van der Waals surface area contributed by atoms with E-state index in [4.69, 9.17) is 23.7 Å². The van der Waals surface area contributed by atoms with Crippen LogP contribution in [0.4, 0.5) is 0 Å². The number of carboxylic acids is 1. The molecule has 0 radical (unpaired) electrons. The number of carboxylic acid groups (broad SMARTS) is 1. The highest BCUT2D eigenvalue weighted by atomic mass is 16.7. The monoisotopic (exact) mass is 516 g/mol. The number of aliphatic hydroxyl groups is 3. The van der Waals surface area contributed by atoms with E-state index in [9.17, 15) is 34.8 Å². The van der Waals surface area contributed by atoms with Gasteiger partial charge in [0.05, 0.1) is 17.1 Å². The van der Waals surface area contributed by atoms with E-state index in [1.165, 1.54) is 36.6 Å². The van der Waals surface area contributed by atoms with Gasteiger partial charge in [-0.2, -0.15) is 0 Å². The highest BCUT2D eigenvalue weighted by Crippen LogP contribution is 2.27. The summed E-state index contributed by atoms with van der Waals surface area (Å²) in [7, 11) is 0. The quantitative estimate of drug-likeness (QED) is 0.219. The molecular weight excluding hydrogens is 492 g/mol. The molecule has 5 N–H and O–H groups in total. The van der Waals surface area contributed by atoms with Crippen molar-refractivity contribution in [1.29, 1.82) is 0 Å². The maximum atomic E-state index is 13.0. The van der Waals surface area contributed by atoms with Gasteiger partial charge in [0.2, 0.25) is 6.29 Å². The van der Waals surface area contributed by atoms with Crippen LogP contribution >= 0.6 is 0 Å². The summed E-state index contributed by atoms with van der Waals surface area (Å²) in [6.07, 6.45) is -7.12. The van der Waals surface area contributed by atoms with Crippen molar-refractivity contribution in [2.24, 2.45) is 0 Å². The molecule has 37 heavy (non-hydrogen) atoms. The van der Waals surface area contributed by atoms with E-state index in [0.29, 0.717) is 5.56 Å². The van der Waals surface area contributed by atoms with Crippen LogP contribution in [0.1, 0.15) is 12.8 Å². The van der Waals surface area contributed by atoms with Crippen LogP contribution in [0, 0.1) is 0 Å². The van der Waals surface area contributed by atoms with Crippen molar-refractivity contribution in [1.82, 2.24) is 0 Å². The number of hydrogen-bond acceptors (Lipinski definition) is 11. The van der Waals surface area contributed by atoms with Crippen molar-refractivity contribution in [2.75, 3.05) is 6.61 Å². The predicted molar refractivity (Wildman–Crippen MR) is 125 cm³/mol. The third-order valence-corrected chi connectivity index (χ3v) is 5.76. The number of phenolic OH excluding ortho intramolecular Hbond substituents is 1. The zero-order chi connectivity index (χ0) is 26.7. The number of aliphatic carboxylic acids is 1. The van der Waals surface area contributed by atoms with Gasteiger partial charge in [-0.1, -0.05) is 12.1 Å². The van der Waals surface area contributed by atoms with Crippen LogP contribution in [0.3, 0.4) is 0 Å². The lowest BCUT2D eigenvalue weighted by Crippen LogP contribution is -2.42. The fraction of sp³-hybridized carbons (Fsp3) is 0.320. The van der Waals surface area contributed by atoms with E-state index < -0.39 is 55.7 Å². The van der Waals surface area contributed by atoms with Gasteiger partial charge < -0.3 is 44.2 Å². The molecule has 0 spiro atoms. The second-order valence-corrected chi connectivity index (χ2v) is 8.46. The van der Waals surface area contributed by atoms with Crippen molar-refractivity contribution < 1.29 is 53.7 Å². The van der Waals surface area contributed by atoms with Crippen LogP contribution in [0.2, 0.25) is 0 Å². The number of aliphatic hydroxyl groups excluding tert-OH is 3. The molecule has 2 heterocycles. The molecule has 196 valence electrons. The van der Waals surface area contributed by atoms with Crippen LogP contribution in [0.5, 0.6) is 11.5 Å². The van der Waals surface area contributed by atoms with Gasteiger partial charge in [-0.25, -0.2) is 0 Å². The number of ether oxygens (including phenoxy) is 3. The number of esters is 1. The summed E-state index contributed by atoms with van der Waals surface area (Å²) < 4.78 is 21.7. The van der Waals surface area contributed by atoms with Crippen LogP contribution in [-0.2, 0) is 19.1 Å². The Morgan fingerprint density at radius 1 is 1.03 bits per heavy atom. The molecule has 1 aromatic heterocycles. The van der Waals surface area contributed by atoms with E-state index in [1.54, 1.807) is 12.1 Å². The summed E-state index contributed by atoms with van der Waals surface area (Å²) in [4.78, 5) is 35.2. The van der Waals surface area contributed by atoms with Crippen LogP contribution in [-0.4, -0.2) is 74.8 Å². The minimum absolute atomic E-state index is 0.0549. The highest BCUT2D eigenvalue weighted by molar-refractivity contribution is 5.90. The number of carbonyl (C=O) groups is 2. The van der Waals surface area contributed by atoms with E-state index in [-0.39, 0.29) is 39.9 Å². The molecule has 0 bridgehead atoms. The van der Waals surface area contributed by atoms with Crippen LogP contribution in [0.25, 0.3) is 22.1 Å². The molecule has 0 amide bonds. The minimum atomic E-state index is -1.56. The number of hydrogen-bond donors (Lipinski definition) is 5. The van der Waals surface area contributed by atoms with Gasteiger partial charge >= 0.3 is 11.9 Å². The zero-order valence-electron chi connectivity index (χ0n) is 19.2. The lowest BCUT2D eigenvalue weighted by Gasteiger charge is -2.26. The molecule has 0 aliphatic carbocycles. The summed E-state index contributed by atoms with van der Waals surface area (Å²) >= 11 is 0. The first-order valence-electron chi connectivity index (χ1n) is 11.2. The molecule has 2 aromatic carbocycles. The maximum absolute atomic E-state index is 13.0. The summed E-state index contributed by atoms with van der Waals surface area (Å²) in [5.41, 5.74) is 0.689. The lowest BCUT2D eigenvalue weighted by molar-refractivity contribution is -0.195. The Morgan fingerprint density at radius 3 is 2.46 bits per heavy atom. The van der Waals surface area contributed by atoms with Gasteiger partial charge in [0.25, 0.3) is 0 Å². The van der Waals surface area contributed by atoms with Crippen LogP contribution < -0.4 is 10.2 Å². The van der Waals surface area contributed by atoms with Crippen molar-refractivity contribution in [3.05, 3.63) is 59.0 Å². The zero-order valence-corrected chi connectivity index (χ0v) is 19.2. The Labute approximate surface area is 208 Å². The fourth-order valence-corrected chi connectivity index (χ4v) is 3.84. The second kappa shape index (κ2) is 11.0. The van der Waals surface area contributed by atoms with Crippen molar-refractivity contribution in [3.63, 3.8) is 0 Å². The first-order valence-corrected chi connectivity index (χ1v) is 11.2. The first kappa shape index (κ1) is 26.1. The van der Waals surface area contributed by atoms with Gasteiger partial charge in [-0.3, -0.25) is 14.4 Å². The Hall–Kier alpha value is -3.97. The molecule has 12 nitrogen and oxygen atoms in total. The predicted octanol–water partition coefficient (Wildman–Crippen LogP) is 0.760. The second-order valence-electron chi connectivity index (χ2n) is 8.46. The fourth-order valence-electron chi connectivity index (χ4n) is 3.84. The standard InChI is InChI=1S/C25H24O12/c26-13-3-1-12(2-4-13)16-10-34-19-7-14(5-6-15(19)23(16)32)36-25-18(28)8-17(27)24(33)20(37-25)11-35-22(31)9-21(29)30/h1-7,10,17-18,20,24-28,33H,8-9,11H2,(H,29,30). The Bertz CT molecular complexity index is 1330. The topological polar surface area (TPSA) is 193 Å². The first-order chi connectivity index (χ1) is 17.6. The smallest absolute Gasteiger partial charge is 0.317 e. The lowest BCUT2D eigenvalue weighted by atomic mass is 10.0. The molecule has 5 unspecified atom stereocenters. The Balaban J connectivity index is 1.53. The highest BCUT2D eigenvalue weighted by Gasteiger charge is 2.40. The van der Waals surface area contributed by atoms with Gasteiger partial charge in [0.15, 0.2) is 5.43 Å². The average molecular weight is 516 g/mol. The summed E-state index contributed by atoms with van der Waals surface area (Å²) in [6, 6.07) is 10.3. The largest absolute Gasteiger partial charge is 0.508 e. The molecule has 12 heteroatoms. The number of carbonyl (C=O) groups excluding carboxylic acids is 1. The van der Waals surface area contributed by atoms with Gasteiger partial charge in [0, 0.05) is 12.5 Å². The maximum Gasteiger partial charge on any atom is 0.317 e. The molecular formula is C25H24O12. The number of benzene rings is 2. The van der Waals surface area contributed by atoms with Gasteiger partial charge in [-0.05, 0) is 29.8 Å². The Morgan fingerprint density at radius 2 is 1.76 bits per heavy atom. The number of phenols is 1.